The van der Waals surface area contributed by atoms with Gasteiger partial charge in [-0.3, -0.25) is 0 Å². The lowest BCUT2D eigenvalue weighted by molar-refractivity contribution is -0.138. The van der Waals surface area contributed by atoms with Crippen molar-refractivity contribution in [2.45, 2.75) is 12.8 Å². The number of carbonyl (C=O) groups is 1. The largest absolute Gasteiger partial charge is 0.463 e. The number of esters is 1. The minimum absolute atomic E-state index is 0.207. The second-order valence-electron chi connectivity index (χ2n) is 6.83. The number of rotatable bonds is 5. The van der Waals surface area contributed by atoms with Crippen molar-refractivity contribution in [3.8, 4) is 0 Å². The standard InChI is InChI=1S/C26H23NO2/c1-2-29-26(28)24-22(19-12-6-3-7-13-19)18-23(20-14-8-4-9-15-20)27-25(24)21-16-10-5-11-17-21/h3-18,22,27H,2H2,1H3. The first-order valence-corrected chi connectivity index (χ1v) is 9.84. The molecule has 29 heavy (non-hydrogen) atoms. The van der Waals surface area contributed by atoms with Crippen LogP contribution in [-0.2, 0) is 9.53 Å². The van der Waals surface area contributed by atoms with E-state index in [1.165, 1.54) is 0 Å². The predicted octanol–water partition coefficient (Wildman–Crippen LogP) is 5.39. The molecule has 3 nitrogen and oxygen atoms in total. The number of nitrogens with one attached hydrogen (secondary N) is 1. The van der Waals surface area contributed by atoms with Gasteiger partial charge in [0.15, 0.2) is 0 Å². The SMILES string of the molecule is CCOC(=O)C1=C(c2ccccc2)NC(c2ccccc2)=CC1c1ccccc1. The molecule has 144 valence electrons. The summed E-state index contributed by atoms with van der Waals surface area (Å²) in [5.74, 6) is -0.502. The number of ether oxygens (including phenoxy) is 1. The van der Waals surface area contributed by atoms with Gasteiger partial charge in [0, 0.05) is 11.6 Å². The Morgan fingerprint density at radius 2 is 1.38 bits per heavy atom. The van der Waals surface area contributed by atoms with Crippen molar-refractivity contribution in [2.75, 3.05) is 6.61 Å². The molecule has 4 rings (SSSR count). The molecule has 1 N–H and O–H groups in total. The number of hydrogen-bond acceptors (Lipinski definition) is 3. The third kappa shape index (κ3) is 3.99. The fourth-order valence-corrected chi connectivity index (χ4v) is 3.63. The maximum Gasteiger partial charge on any atom is 0.337 e. The summed E-state index contributed by atoms with van der Waals surface area (Å²) in [6.45, 7) is 2.17. The van der Waals surface area contributed by atoms with Crippen LogP contribution in [0.25, 0.3) is 11.4 Å². The van der Waals surface area contributed by atoms with Gasteiger partial charge >= 0.3 is 5.97 Å². The third-order valence-corrected chi connectivity index (χ3v) is 4.97. The molecule has 1 heterocycles. The van der Waals surface area contributed by atoms with Crippen LogP contribution in [0.5, 0.6) is 0 Å². The first-order valence-electron chi connectivity index (χ1n) is 9.84. The van der Waals surface area contributed by atoms with Crippen molar-refractivity contribution < 1.29 is 9.53 Å². The van der Waals surface area contributed by atoms with Gasteiger partial charge in [0.25, 0.3) is 0 Å². The molecule has 1 atom stereocenters. The van der Waals surface area contributed by atoms with Gasteiger partial charge < -0.3 is 10.1 Å². The van der Waals surface area contributed by atoms with E-state index in [0.29, 0.717) is 12.2 Å². The molecule has 0 radical (unpaired) electrons. The van der Waals surface area contributed by atoms with Crippen LogP contribution in [-0.4, -0.2) is 12.6 Å². The maximum atomic E-state index is 13.1. The summed E-state index contributed by atoms with van der Waals surface area (Å²) in [5, 5.41) is 3.52. The molecule has 0 saturated carbocycles. The van der Waals surface area contributed by atoms with Crippen LogP contribution in [0.15, 0.2) is 103 Å². The molecule has 0 saturated heterocycles. The second-order valence-corrected chi connectivity index (χ2v) is 6.83. The summed E-state index contributed by atoms with van der Waals surface area (Å²) >= 11 is 0. The molecule has 3 aromatic rings. The molecule has 1 aliphatic rings. The van der Waals surface area contributed by atoms with Crippen LogP contribution >= 0.6 is 0 Å². The van der Waals surface area contributed by atoms with Crippen LogP contribution in [0, 0.1) is 0 Å². The van der Waals surface area contributed by atoms with E-state index in [1.807, 2.05) is 73.7 Å². The van der Waals surface area contributed by atoms with Gasteiger partial charge in [0.05, 0.1) is 17.9 Å². The van der Waals surface area contributed by atoms with Crippen molar-refractivity contribution in [1.29, 1.82) is 0 Å². The molecule has 0 aromatic heterocycles. The molecule has 3 heteroatoms. The Kier molecular flexibility index (Phi) is 5.57. The fourth-order valence-electron chi connectivity index (χ4n) is 3.63. The number of benzene rings is 3. The minimum atomic E-state index is -0.295. The summed E-state index contributed by atoms with van der Waals surface area (Å²) in [6, 6.07) is 30.2. The lowest BCUT2D eigenvalue weighted by atomic mass is 9.84. The van der Waals surface area contributed by atoms with E-state index in [9.17, 15) is 4.79 Å². The molecule has 3 aromatic carbocycles. The number of allylic oxidation sites excluding steroid dienone is 1. The van der Waals surface area contributed by atoms with Gasteiger partial charge in [0.2, 0.25) is 0 Å². The zero-order chi connectivity index (χ0) is 20.1. The molecule has 1 unspecified atom stereocenters. The second kappa shape index (κ2) is 8.61. The van der Waals surface area contributed by atoms with Crippen molar-refractivity contribution in [2.24, 2.45) is 0 Å². The van der Waals surface area contributed by atoms with E-state index in [0.717, 1.165) is 28.1 Å². The Hall–Kier alpha value is -3.59. The highest BCUT2D eigenvalue weighted by atomic mass is 16.5. The summed E-state index contributed by atoms with van der Waals surface area (Å²) in [6.07, 6.45) is 2.11. The van der Waals surface area contributed by atoms with E-state index < -0.39 is 0 Å². The van der Waals surface area contributed by atoms with Crippen LogP contribution in [0.4, 0.5) is 0 Å². The maximum absolute atomic E-state index is 13.1. The highest BCUT2D eigenvalue weighted by Crippen LogP contribution is 2.38. The van der Waals surface area contributed by atoms with E-state index in [1.54, 1.807) is 0 Å². The van der Waals surface area contributed by atoms with Crippen molar-refractivity contribution in [3.63, 3.8) is 0 Å². The van der Waals surface area contributed by atoms with Gasteiger partial charge in [-0.05, 0) is 29.7 Å². The zero-order valence-corrected chi connectivity index (χ0v) is 16.3. The van der Waals surface area contributed by atoms with Crippen LogP contribution in [0.1, 0.15) is 29.5 Å². The van der Waals surface area contributed by atoms with Gasteiger partial charge in [-0.25, -0.2) is 4.79 Å². The van der Waals surface area contributed by atoms with Crippen LogP contribution < -0.4 is 5.32 Å². The summed E-state index contributed by atoms with van der Waals surface area (Å²) in [4.78, 5) is 13.1. The Morgan fingerprint density at radius 1 is 0.828 bits per heavy atom. The Labute approximate surface area is 171 Å². The molecule has 0 fully saturated rings. The van der Waals surface area contributed by atoms with E-state index in [2.05, 4.69) is 35.7 Å². The summed E-state index contributed by atoms with van der Waals surface area (Å²) < 4.78 is 5.46. The van der Waals surface area contributed by atoms with E-state index >= 15 is 0 Å². The Bertz CT molecular complexity index is 1040. The van der Waals surface area contributed by atoms with E-state index in [4.69, 9.17) is 4.74 Å². The van der Waals surface area contributed by atoms with Gasteiger partial charge in [0.1, 0.15) is 0 Å². The van der Waals surface area contributed by atoms with Crippen LogP contribution in [0.2, 0.25) is 0 Å². The number of hydrogen-bond donors (Lipinski definition) is 1. The average Bonchev–Trinajstić information content (AvgIpc) is 2.80. The average molecular weight is 381 g/mol. The van der Waals surface area contributed by atoms with Gasteiger partial charge in [-0.1, -0.05) is 91.0 Å². The van der Waals surface area contributed by atoms with Crippen molar-refractivity contribution >= 4 is 17.4 Å². The van der Waals surface area contributed by atoms with Gasteiger partial charge in [-0.2, -0.15) is 0 Å². The molecule has 1 aliphatic heterocycles. The topological polar surface area (TPSA) is 38.3 Å². The van der Waals surface area contributed by atoms with Crippen molar-refractivity contribution in [1.82, 2.24) is 5.32 Å². The summed E-state index contributed by atoms with van der Waals surface area (Å²) in [7, 11) is 0. The van der Waals surface area contributed by atoms with Crippen molar-refractivity contribution in [3.05, 3.63) is 119 Å². The lowest BCUT2D eigenvalue weighted by Crippen LogP contribution is -2.26. The van der Waals surface area contributed by atoms with E-state index in [-0.39, 0.29) is 11.9 Å². The summed E-state index contributed by atoms with van der Waals surface area (Å²) in [5.41, 5.74) is 5.48. The molecule has 0 aliphatic carbocycles. The Morgan fingerprint density at radius 3 is 1.97 bits per heavy atom. The quantitative estimate of drug-likeness (QED) is 0.602. The zero-order valence-electron chi connectivity index (χ0n) is 16.3. The highest BCUT2D eigenvalue weighted by molar-refractivity contribution is 6.02. The first kappa shape index (κ1) is 18.8. The fraction of sp³-hybridized carbons (Fsp3) is 0.115. The lowest BCUT2D eigenvalue weighted by Gasteiger charge is -2.29. The van der Waals surface area contributed by atoms with Gasteiger partial charge in [-0.15, -0.1) is 0 Å². The first-order chi connectivity index (χ1) is 14.3. The highest BCUT2D eigenvalue weighted by Gasteiger charge is 2.31. The Balaban J connectivity index is 1.92. The smallest absolute Gasteiger partial charge is 0.337 e. The predicted molar refractivity (Wildman–Crippen MR) is 117 cm³/mol. The third-order valence-electron chi connectivity index (χ3n) is 4.97. The number of carbonyl (C=O) groups excluding carboxylic acids is 1. The molecule has 0 spiro atoms. The number of dihydropyridines is 1. The van der Waals surface area contributed by atoms with Crippen LogP contribution in [0.3, 0.4) is 0 Å². The molecule has 0 amide bonds. The molecule has 0 bridgehead atoms. The minimum Gasteiger partial charge on any atom is -0.463 e. The molecular formula is C26H23NO2. The molecular weight excluding hydrogens is 358 g/mol. The monoisotopic (exact) mass is 381 g/mol. The normalized spacial score (nSPS) is 16.0.